The lowest BCUT2D eigenvalue weighted by Gasteiger charge is -2.39. The predicted octanol–water partition coefficient (Wildman–Crippen LogP) is 5.37. The summed E-state index contributed by atoms with van der Waals surface area (Å²) in [6.07, 6.45) is 2.54. The molecule has 1 fully saturated rings. The second kappa shape index (κ2) is 18.8. The first-order valence-electron chi connectivity index (χ1n) is 17.6. The topological polar surface area (TPSA) is 125 Å². The molecule has 0 aromatic heterocycles. The van der Waals surface area contributed by atoms with Crippen LogP contribution < -0.4 is 15.0 Å². The number of nitrogens with one attached hydrogen (secondary N) is 1. The van der Waals surface area contributed by atoms with Gasteiger partial charge in [-0.05, 0) is 60.7 Å². The van der Waals surface area contributed by atoms with E-state index in [1.54, 1.807) is 50.6 Å². The molecule has 0 bridgehead atoms. The average molecular weight is 722 g/mol. The first-order valence-corrected chi connectivity index (χ1v) is 19.2. The molecule has 11 nitrogen and oxygen atoms in total. The van der Waals surface area contributed by atoms with Gasteiger partial charge in [0, 0.05) is 51.8 Å². The van der Waals surface area contributed by atoms with Crippen molar-refractivity contribution < 1.29 is 36.9 Å². The third kappa shape index (κ3) is 10.3. The van der Waals surface area contributed by atoms with Gasteiger partial charge in [0.25, 0.3) is 0 Å². The van der Waals surface area contributed by atoms with Crippen LogP contribution in [0.25, 0.3) is 0 Å². The molecule has 276 valence electrons. The van der Waals surface area contributed by atoms with E-state index in [2.05, 4.69) is 34.3 Å². The minimum atomic E-state index is -4.02. The summed E-state index contributed by atoms with van der Waals surface area (Å²) >= 11 is 0. The number of rotatable bonds is 18. The third-order valence-corrected chi connectivity index (χ3v) is 11.3. The molecule has 2 aliphatic heterocycles. The Bertz CT molecular complexity index is 1700. The van der Waals surface area contributed by atoms with Crippen molar-refractivity contribution in [2.75, 3.05) is 71.7 Å². The highest BCUT2D eigenvalue weighted by Crippen LogP contribution is 2.41. The zero-order valence-electron chi connectivity index (χ0n) is 30.1. The molecular weight excluding hydrogens is 671 g/mol. The van der Waals surface area contributed by atoms with Crippen LogP contribution in [0.3, 0.4) is 0 Å². The van der Waals surface area contributed by atoms with Crippen LogP contribution in [0, 0.1) is 12.8 Å². The fourth-order valence-corrected chi connectivity index (χ4v) is 8.28. The van der Waals surface area contributed by atoms with Crippen LogP contribution in [0.15, 0.2) is 76.6 Å². The Morgan fingerprint density at radius 3 is 2.55 bits per heavy atom. The number of benzene rings is 3. The molecular formula is C39H51N3O8S. The summed E-state index contributed by atoms with van der Waals surface area (Å²) in [5.74, 6) is 0.817. The number of sulfone groups is 1. The normalized spacial score (nSPS) is 20.2. The number of anilines is 1. The number of ether oxygens (including phenoxy) is 5. The number of hydrogen-bond donors (Lipinski definition) is 1. The van der Waals surface area contributed by atoms with E-state index in [9.17, 15) is 13.2 Å². The Morgan fingerprint density at radius 2 is 1.82 bits per heavy atom. The number of aliphatic imine (C=N–C) groups is 1. The van der Waals surface area contributed by atoms with E-state index in [0.29, 0.717) is 69.8 Å². The molecule has 1 unspecified atom stereocenters. The molecule has 12 heteroatoms. The van der Waals surface area contributed by atoms with Gasteiger partial charge in [-0.15, -0.1) is 0 Å². The Morgan fingerprint density at radius 1 is 1.04 bits per heavy atom. The number of nitrogens with zero attached hydrogens (tertiary/aromatic N) is 2. The monoisotopic (exact) mass is 721 g/mol. The SMILES string of the molecule is COCCCN1CCOc2ccc(C(O[C@H]3CN[C@@H](CN=C=O)C[C@@H]3c3ccc(COC[C@@H](C)COC)cc3)S(=O)(=O)c3ccc(C)cc3)cc21. The number of isocyanates is 1. The molecule has 0 amide bonds. The summed E-state index contributed by atoms with van der Waals surface area (Å²) in [7, 11) is -0.653. The lowest BCUT2D eigenvalue weighted by atomic mass is 9.84. The molecule has 0 radical (unpaired) electrons. The van der Waals surface area contributed by atoms with Gasteiger partial charge in [-0.3, -0.25) is 0 Å². The molecule has 0 aliphatic carbocycles. The quantitative estimate of drug-likeness (QED) is 0.104. The molecule has 3 aromatic rings. The highest BCUT2D eigenvalue weighted by atomic mass is 32.2. The van der Waals surface area contributed by atoms with E-state index in [-0.39, 0.29) is 23.4 Å². The van der Waals surface area contributed by atoms with Crippen LogP contribution in [0.5, 0.6) is 5.75 Å². The van der Waals surface area contributed by atoms with Crippen molar-refractivity contribution in [1.29, 1.82) is 0 Å². The number of piperidine rings is 1. The zero-order valence-corrected chi connectivity index (χ0v) is 30.9. The van der Waals surface area contributed by atoms with Crippen LogP contribution in [-0.2, 0) is 40.2 Å². The van der Waals surface area contributed by atoms with Gasteiger partial charge in [-0.2, -0.15) is 0 Å². The fraction of sp³-hybridized carbons (Fsp3) is 0.513. The molecule has 0 spiro atoms. The predicted molar refractivity (Wildman–Crippen MR) is 196 cm³/mol. The highest BCUT2D eigenvalue weighted by Gasteiger charge is 2.39. The van der Waals surface area contributed by atoms with Crippen molar-refractivity contribution in [3.63, 3.8) is 0 Å². The molecule has 3 aromatic carbocycles. The summed E-state index contributed by atoms with van der Waals surface area (Å²) in [4.78, 5) is 17.2. The molecule has 2 aliphatic rings. The largest absolute Gasteiger partial charge is 0.490 e. The minimum absolute atomic E-state index is 0.102. The van der Waals surface area contributed by atoms with Crippen LogP contribution >= 0.6 is 0 Å². The van der Waals surface area contributed by atoms with Gasteiger partial charge in [-0.25, -0.2) is 18.2 Å². The number of aryl methyl sites for hydroxylation is 1. The first-order chi connectivity index (χ1) is 24.7. The average Bonchev–Trinajstić information content (AvgIpc) is 3.14. The maximum atomic E-state index is 14.6. The molecule has 5 atom stereocenters. The number of methoxy groups -OCH3 is 2. The highest BCUT2D eigenvalue weighted by molar-refractivity contribution is 7.91. The molecule has 1 saturated heterocycles. The van der Waals surface area contributed by atoms with Crippen LogP contribution in [0.1, 0.15) is 53.4 Å². The van der Waals surface area contributed by atoms with Gasteiger partial charge in [0.05, 0.1) is 49.6 Å². The van der Waals surface area contributed by atoms with Gasteiger partial charge in [0.15, 0.2) is 5.44 Å². The lowest BCUT2D eigenvalue weighted by Crippen LogP contribution is -2.49. The number of carbonyl (C=O) groups excluding carboxylic acids is 1. The molecule has 1 N–H and O–H groups in total. The summed E-state index contributed by atoms with van der Waals surface area (Å²) in [6.45, 7) is 8.94. The Hall–Kier alpha value is -3.61. The maximum Gasteiger partial charge on any atom is 0.234 e. The Labute approximate surface area is 302 Å². The Balaban J connectivity index is 1.47. The van der Waals surface area contributed by atoms with Crippen LogP contribution in [0.4, 0.5) is 5.69 Å². The Kier molecular flexibility index (Phi) is 14.2. The third-order valence-electron chi connectivity index (χ3n) is 9.42. The van der Waals surface area contributed by atoms with Gasteiger partial charge in [-0.1, -0.05) is 55.0 Å². The standard InChI is InChI=1S/C39H51N3O8S/c1-28-6-13-34(14-7-28)51(44,45)39(32-12-15-37-36(20-32)42(17-19-49-37)16-5-18-46-3)50-38-23-41-33(22-40-27-43)21-35(38)31-10-8-30(9-11-31)26-48-25-29(2)24-47-4/h6-15,20,29,33,35,38-39,41H,5,16-19,21-26H2,1-4H3/t29-,33+,35+,38-,39?/m0/s1. The smallest absolute Gasteiger partial charge is 0.234 e. The van der Waals surface area contributed by atoms with Gasteiger partial charge in [0.2, 0.25) is 15.9 Å². The van der Waals surface area contributed by atoms with E-state index in [0.717, 1.165) is 35.3 Å². The van der Waals surface area contributed by atoms with Crippen molar-refractivity contribution in [2.45, 2.75) is 61.7 Å². The minimum Gasteiger partial charge on any atom is -0.490 e. The van der Waals surface area contributed by atoms with Crippen LogP contribution in [0.2, 0.25) is 0 Å². The van der Waals surface area contributed by atoms with E-state index >= 15 is 0 Å². The van der Waals surface area contributed by atoms with Crippen LogP contribution in [-0.4, -0.2) is 93.5 Å². The van der Waals surface area contributed by atoms with Gasteiger partial charge < -0.3 is 33.9 Å². The summed E-state index contributed by atoms with van der Waals surface area (Å²) in [5.41, 5.74) is 3.06. The summed E-state index contributed by atoms with van der Waals surface area (Å²) in [5, 5.41) is 3.44. The van der Waals surface area contributed by atoms with Gasteiger partial charge >= 0.3 is 0 Å². The molecule has 0 saturated carbocycles. The second-order valence-electron chi connectivity index (χ2n) is 13.5. The molecule has 5 rings (SSSR count). The number of fused-ring (bicyclic) bond motifs is 1. The lowest BCUT2D eigenvalue weighted by molar-refractivity contribution is -0.00546. The van der Waals surface area contributed by atoms with Crippen molar-refractivity contribution in [2.24, 2.45) is 10.9 Å². The molecule has 2 heterocycles. The first kappa shape index (κ1) is 38.6. The van der Waals surface area contributed by atoms with E-state index in [1.807, 2.05) is 31.2 Å². The van der Waals surface area contributed by atoms with Crippen molar-refractivity contribution in [3.8, 4) is 5.75 Å². The van der Waals surface area contributed by atoms with E-state index in [4.69, 9.17) is 23.7 Å². The van der Waals surface area contributed by atoms with E-state index in [1.165, 1.54) is 0 Å². The van der Waals surface area contributed by atoms with Crippen molar-refractivity contribution in [3.05, 3.63) is 89.0 Å². The second-order valence-corrected chi connectivity index (χ2v) is 15.5. The summed E-state index contributed by atoms with van der Waals surface area (Å²) in [6, 6.07) is 20.5. The van der Waals surface area contributed by atoms with Gasteiger partial charge in [0.1, 0.15) is 12.4 Å². The van der Waals surface area contributed by atoms with Crippen molar-refractivity contribution in [1.82, 2.24) is 5.32 Å². The zero-order chi connectivity index (χ0) is 36.2. The number of hydrogen-bond acceptors (Lipinski definition) is 11. The van der Waals surface area contributed by atoms with Crippen molar-refractivity contribution >= 4 is 21.6 Å². The summed E-state index contributed by atoms with van der Waals surface area (Å²) < 4.78 is 58.4. The fourth-order valence-electron chi connectivity index (χ4n) is 6.73. The van der Waals surface area contributed by atoms with E-state index < -0.39 is 21.4 Å². The molecule has 51 heavy (non-hydrogen) atoms. The maximum absolute atomic E-state index is 14.6.